The van der Waals surface area contributed by atoms with Crippen LogP contribution in [0.3, 0.4) is 0 Å². The van der Waals surface area contributed by atoms with E-state index < -0.39 is 12.6 Å². The number of carbonyl (C=O) groups is 2. The van der Waals surface area contributed by atoms with E-state index in [1.165, 1.54) is 14.2 Å². The Morgan fingerprint density at radius 1 is 0.786 bits per heavy atom. The zero-order chi connectivity index (χ0) is 19.9. The van der Waals surface area contributed by atoms with E-state index in [9.17, 15) is 9.59 Å². The van der Waals surface area contributed by atoms with Gasteiger partial charge in [0.05, 0.1) is 25.3 Å². The van der Waals surface area contributed by atoms with Gasteiger partial charge in [0.2, 0.25) is 5.78 Å². The minimum atomic E-state index is -0.560. The number of benzene rings is 3. The second-order valence-corrected chi connectivity index (χ2v) is 5.98. The predicted octanol–water partition coefficient (Wildman–Crippen LogP) is 4.41. The lowest BCUT2D eigenvalue weighted by atomic mass is 10.00. The van der Waals surface area contributed by atoms with Crippen LogP contribution in [0.2, 0.25) is 0 Å². The average molecular weight is 376 g/mol. The lowest BCUT2D eigenvalue weighted by Gasteiger charge is -2.11. The highest BCUT2D eigenvalue weighted by Crippen LogP contribution is 2.26. The van der Waals surface area contributed by atoms with Crippen molar-refractivity contribution >= 4 is 11.8 Å². The first-order chi connectivity index (χ1) is 13.6. The molecule has 0 aliphatic heterocycles. The molecule has 0 bridgehead atoms. The molecule has 0 amide bonds. The van der Waals surface area contributed by atoms with E-state index in [2.05, 4.69) is 0 Å². The molecule has 0 aliphatic carbocycles. The van der Waals surface area contributed by atoms with Crippen molar-refractivity contribution in [2.75, 3.05) is 20.8 Å². The quantitative estimate of drug-likeness (QED) is 0.451. The molecule has 0 aliphatic rings. The van der Waals surface area contributed by atoms with E-state index in [1.54, 1.807) is 30.3 Å². The maximum atomic E-state index is 12.6. The number of rotatable bonds is 7. The van der Waals surface area contributed by atoms with Crippen LogP contribution in [0.5, 0.6) is 11.5 Å². The summed E-state index contributed by atoms with van der Waals surface area (Å²) in [7, 11) is 2.98. The smallest absolute Gasteiger partial charge is 0.339 e. The van der Waals surface area contributed by atoms with E-state index in [4.69, 9.17) is 14.2 Å². The van der Waals surface area contributed by atoms with Crippen molar-refractivity contribution in [3.8, 4) is 22.6 Å². The lowest BCUT2D eigenvalue weighted by Crippen LogP contribution is -2.15. The Morgan fingerprint density at radius 2 is 1.50 bits per heavy atom. The summed E-state index contributed by atoms with van der Waals surface area (Å²) in [5.41, 5.74) is 2.35. The van der Waals surface area contributed by atoms with Crippen molar-refractivity contribution in [3.63, 3.8) is 0 Å². The summed E-state index contributed by atoms with van der Waals surface area (Å²) in [4.78, 5) is 25.2. The molecule has 5 heteroatoms. The fourth-order valence-electron chi connectivity index (χ4n) is 2.85. The molecule has 28 heavy (non-hydrogen) atoms. The number of Topliss-reactive ketones (excluding diaryl/α,β-unsaturated/α-hetero) is 1. The summed E-state index contributed by atoms with van der Waals surface area (Å²) in [5.74, 6) is -0.0209. The molecule has 0 spiro atoms. The molecule has 0 unspecified atom stereocenters. The lowest BCUT2D eigenvalue weighted by molar-refractivity contribution is 0.0474. The maximum Gasteiger partial charge on any atom is 0.339 e. The van der Waals surface area contributed by atoms with Crippen molar-refractivity contribution in [3.05, 3.63) is 83.9 Å². The number of carbonyl (C=O) groups excluding carboxylic acids is 2. The van der Waals surface area contributed by atoms with Gasteiger partial charge in [-0.05, 0) is 35.4 Å². The standard InChI is InChI=1S/C23H20O5/c1-26-17-12-13-22(27-2)20(14-17)21(24)15-28-23(25)19-11-7-6-10-18(19)16-8-4-3-5-9-16/h3-14H,15H2,1-2H3. The highest BCUT2D eigenvalue weighted by Gasteiger charge is 2.18. The Morgan fingerprint density at radius 3 is 2.21 bits per heavy atom. The van der Waals surface area contributed by atoms with Crippen LogP contribution in [0.1, 0.15) is 20.7 Å². The van der Waals surface area contributed by atoms with Crippen molar-refractivity contribution in [2.45, 2.75) is 0 Å². The van der Waals surface area contributed by atoms with Gasteiger partial charge in [0.15, 0.2) is 6.61 Å². The second kappa shape index (κ2) is 8.86. The van der Waals surface area contributed by atoms with Crippen molar-refractivity contribution in [1.29, 1.82) is 0 Å². The SMILES string of the molecule is COc1ccc(OC)c(C(=O)COC(=O)c2ccccc2-c2ccccc2)c1. The van der Waals surface area contributed by atoms with Crippen LogP contribution >= 0.6 is 0 Å². The van der Waals surface area contributed by atoms with Gasteiger partial charge in [0.25, 0.3) is 0 Å². The molecule has 0 saturated heterocycles. The van der Waals surface area contributed by atoms with E-state index in [0.717, 1.165) is 11.1 Å². The van der Waals surface area contributed by atoms with Gasteiger partial charge in [0, 0.05) is 0 Å². The molecule has 0 aromatic heterocycles. The Labute approximate surface area is 163 Å². The first-order valence-electron chi connectivity index (χ1n) is 8.71. The van der Waals surface area contributed by atoms with E-state index in [0.29, 0.717) is 22.6 Å². The first kappa shape index (κ1) is 19.2. The molecule has 0 fully saturated rings. The Bertz CT molecular complexity index is 979. The van der Waals surface area contributed by atoms with Gasteiger partial charge in [-0.1, -0.05) is 48.5 Å². The van der Waals surface area contributed by atoms with E-state index in [1.807, 2.05) is 42.5 Å². The molecular weight excluding hydrogens is 356 g/mol. The summed E-state index contributed by atoms with van der Waals surface area (Å²) >= 11 is 0. The van der Waals surface area contributed by atoms with Crippen LogP contribution in [-0.4, -0.2) is 32.6 Å². The van der Waals surface area contributed by atoms with Gasteiger partial charge in [-0.25, -0.2) is 4.79 Å². The molecule has 142 valence electrons. The summed E-state index contributed by atoms with van der Waals surface area (Å²) in [6.45, 7) is -0.397. The summed E-state index contributed by atoms with van der Waals surface area (Å²) in [6.07, 6.45) is 0. The predicted molar refractivity (Wildman–Crippen MR) is 106 cm³/mol. The number of hydrogen-bond donors (Lipinski definition) is 0. The number of ketones is 1. The summed E-state index contributed by atoms with van der Waals surface area (Å²) < 4.78 is 15.7. The third-order valence-electron chi connectivity index (χ3n) is 4.27. The van der Waals surface area contributed by atoms with Crippen LogP contribution in [-0.2, 0) is 4.74 Å². The minimum Gasteiger partial charge on any atom is -0.497 e. The van der Waals surface area contributed by atoms with Crippen LogP contribution in [0.4, 0.5) is 0 Å². The highest BCUT2D eigenvalue weighted by atomic mass is 16.5. The molecule has 0 N–H and O–H groups in total. The van der Waals surface area contributed by atoms with Crippen LogP contribution in [0.15, 0.2) is 72.8 Å². The van der Waals surface area contributed by atoms with Crippen molar-refractivity contribution in [2.24, 2.45) is 0 Å². The second-order valence-electron chi connectivity index (χ2n) is 5.98. The molecule has 3 rings (SSSR count). The van der Waals surface area contributed by atoms with E-state index >= 15 is 0 Å². The van der Waals surface area contributed by atoms with Gasteiger partial charge < -0.3 is 14.2 Å². The third kappa shape index (κ3) is 4.20. The maximum absolute atomic E-state index is 12.6. The van der Waals surface area contributed by atoms with Crippen LogP contribution < -0.4 is 9.47 Å². The number of hydrogen-bond acceptors (Lipinski definition) is 5. The van der Waals surface area contributed by atoms with Crippen molar-refractivity contribution < 1.29 is 23.8 Å². The van der Waals surface area contributed by atoms with Gasteiger partial charge in [0.1, 0.15) is 11.5 Å². The average Bonchev–Trinajstić information content (AvgIpc) is 2.77. The highest BCUT2D eigenvalue weighted by molar-refractivity contribution is 6.03. The molecular formula is C23H20O5. The summed E-state index contributed by atoms with van der Waals surface area (Å²) in [5, 5.41) is 0. The van der Waals surface area contributed by atoms with Crippen molar-refractivity contribution in [1.82, 2.24) is 0 Å². The molecule has 0 atom stereocenters. The van der Waals surface area contributed by atoms with Gasteiger partial charge in [-0.15, -0.1) is 0 Å². The fraction of sp³-hybridized carbons (Fsp3) is 0.130. The topological polar surface area (TPSA) is 61.8 Å². The molecule has 3 aromatic carbocycles. The zero-order valence-corrected chi connectivity index (χ0v) is 15.7. The normalized spacial score (nSPS) is 10.2. The Balaban J connectivity index is 1.78. The van der Waals surface area contributed by atoms with E-state index in [-0.39, 0.29) is 5.78 Å². The minimum absolute atomic E-state index is 0.297. The van der Waals surface area contributed by atoms with Crippen LogP contribution in [0.25, 0.3) is 11.1 Å². The molecule has 0 saturated carbocycles. The number of esters is 1. The zero-order valence-electron chi connectivity index (χ0n) is 15.7. The monoisotopic (exact) mass is 376 g/mol. The molecule has 0 radical (unpaired) electrons. The third-order valence-corrected chi connectivity index (χ3v) is 4.27. The Hall–Kier alpha value is -3.60. The largest absolute Gasteiger partial charge is 0.497 e. The molecule has 5 nitrogen and oxygen atoms in total. The summed E-state index contributed by atoms with van der Waals surface area (Å²) in [6, 6.07) is 21.6. The molecule has 0 heterocycles. The first-order valence-corrected chi connectivity index (χ1v) is 8.71. The Kier molecular flexibility index (Phi) is 6.07. The van der Waals surface area contributed by atoms with Crippen LogP contribution in [0, 0.1) is 0 Å². The number of methoxy groups -OCH3 is 2. The number of ether oxygens (including phenoxy) is 3. The van der Waals surface area contributed by atoms with Gasteiger partial charge in [-0.3, -0.25) is 4.79 Å². The van der Waals surface area contributed by atoms with Gasteiger partial charge >= 0.3 is 5.97 Å². The molecule has 3 aromatic rings. The fourth-order valence-corrected chi connectivity index (χ4v) is 2.85. The van der Waals surface area contributed by atoms with Gasteiger partial charge in [-0.2, -0.15) is 0 Å².